The van der Waals surface area contributed by atoms with E-state index in [0.29, 0.717) is 6.29 Å². The van der Waals surface area contributed by atoms with Crippen LogP contribution in [0.1, 0.15) is 23.5 Å². The molecule has 0 spiro atoms. The molecule has 1 unspecified atom stereocenters. The molecular formula is C11H9F3O3S. The Kier molecular flexibility index (Phi) is 2.96. The van der Waals surface area contributed by atoms with E-state index in [2.05, 4.69) is 0 Å². The molecule has 0 fully saturated rings. The Morgan fingerprint density at radius 2 is 2.00 bits per heavy atom. The highest BCUT2D eigenvalue weighted by Gasteiger charge is 2.38. The van der Waals surface area contributed by atoms with Crippen LogP contribution < -0.4 is 0 Å². The molecule has 7 heteroatoms. The second-order valence-electron chi connectivity index (χ2n) is 4.13. The minimum absolute atomic E-state index is 0.0897. The van der Waals surface area contributed by atoms with Gasteiger partial charge in [0.05, 0.1) is 16.2 Å². The highest BCUT2D eigenvalue weighted by Crippen LogP contribution is 2.40. The fourth-order valence-electron chi connectivity index (χ4n) is 2.08. The van der Waals surface area contributed by atoms with E-state index < -0.39 is 27.5 Å². The molecule has 1 aromatic carbocycles. The van der Waals surface area contributed by atoms with Gasteiger partial charge in [0.1, 0.15) is 6.29 Å². The van der Waals surface area contributed by atoms with Crippen molar-refractivity contribution in [3.05, 3.63) is 29.3 Å². The topological polar surface area (TPSA) is 51.2 Å². The number of alkyl halides is 3. The van der Waals surface area contributed by atoms with E-state index in [1.54, 1.807) is 0 Å². The monoisotopic (exact) mass is 278 g/mol. The average molecular weight is 278 g/mol. The van der Waals surface area contributed by atoms with Crippen LogP contribution >= 0.6 is 0 Å². The summed E-state index contributed by atoms with van der Waals surface area (Å²) < 4.78 is 61.0. The number of rotatable bonds is 2. The molecule has 18 heavy (non-hydrogen) atoms. The Hall–Kier alpha value is -1.37. The number of aldehydes is 1. The van der Waals surface area contributed by atoms with Crippen molar-refractivity contribution in [2.45, 2.75) is 23.4 Å². The standard InChI is InChI=1S/C11H9F3O3S/c12-11(13,14)8-1-2-10-9(5-8)7(3-4-15)6-18(10,16)17/h1-2,4-5,7H,3,6H2. The Balaban J connectivity index is 2.57. The van der Waals surface area contributed by atoms with Gasteiger partial charge in [0.15, 0.2) is 9.84 Å². The second kappa shape index (κ2) is 4.08. The van der Waals surface area contributed by atoms with E-state index >= 15 is 0 Å². The smallest absolute Gasteiger partial charge is 0.303 e. The van der Waals surface area contributed by atoms with Crippen molar-refractivity contribution in [3.63, 3.8) is 0 Å². The molecule has 98 valence electrons. The van der Waals surface area contributed by atoms with Gasteiger partial charge in [-0.15, -0.1) is 0 Å². The van der Waals surface area contributed by atoms with Crippen molar-refractivity contribution in [1.29, 1.82) is 0 Å². The predicted octanol–water partition coefficient (Wildman–Crippen LogP) is 2.17. The lowest BCUT2D eigenvalue weighted by Gasteiger charge is -2.10. The Bertz CT molecular complexity index is 590. The third-order valence-electron chi connectivity index (χ3n) is 2.91. The highest BCUT2D eigenvalue weighted by molar-refractivity contribution is 7.91. The van der Waals surface area contributed by atoms with Gasteiger partial charge in [-0.25, -0.2) is 8.42 Å². The largest absolute Gasteiger partial charge is 0.416 e. The average Bonchev–Trinajstić information content (AvgIpc) is 2.50. The van der Waals surface area contributed by atoms with Gasteiger partial charge in [-0.3, -0.25) is 0 Å². The zero-order valence-corrected chi connectivity index (χ0v) is 9.88. The SMILES string of the molecule is O=CCC1CS(=O)(=O)c2ccc(C(F)(F)F)cc21. The number of carbonyl (C=O) groups is 1. The molecule has 0 aliphatic carbocycles. The molecule has 3 nitrogen and oxygen atoms in total. The van der Waals surface area contributed by atoms with E-state index in [1.807, 2.05) is 0 Å². The summed E-state index contributed by atoms with van der Waals surface area (Å²) in [5.41, 5.74) is -0.800. The van der Waals surface area contributed by atoms with E-state index in [-0.39, 0.29) is 22.6 Å². The van der Waals surface area contributed by atoms with Crippen molar-refractivity contribution in [2.24, 2.45) is 0 Å². The van der Waals surface area contributed by atoms with Gasteiger partial charge in [-0.05, 0) is 23.8 Å². The van der Waals surface area contributed by atoms with Crippen molar-refractivity contribution in [1.82, 2.24) is 0 Å². The third kappa shape index (κ3) is 2.14. The number of sulfone groups is 1. The predicted molar refractivity (Wildman–Crippen MR) is 56.9 cm³/mol. The van der Waals surface area contributed by atoms with Gasteiger partial charge in [-0.2, -0.15) is 13.2 Å². The fraction of sp³-hybridized carbons (Fsp3) is 0.364. The van der Waals surface area contributed by atoms with Gasteiger partial charge in [-0.1, -0.05) is 0 Å². The van der Waals surface area contributed by atoms with Gasteiger partial charge in [0.25, 0.3) is 0 Å². The maximum Gasteiger partial charge on any atom is 0.416 e. The zero-order chi connectivity index (χ0) is 13.6. The lowest BCUT2D eigenvalue weighted by molar-refractivity contribution is -0.137. The summed E-state index contributed by atoms with van der Waals surface area (Å²) in [5, 5.41) is 0. The van der Waals surface area contributed by atoms with Crippen molar-refractivity contribution >= 4 is 16.1 Å². The number of halogens is 3. The van der Waals surface area contributed by atoms with Gasteiger partial charge >= 0.3 is 6.18 Å². The minimum atomic E-state index is -4.52. The Morgan fingerprint density at radius 1 is 1.33 bits per heavy atom. The molecule has 0 saturated heterocycles. The van der Waals surface area contributed by atoms with Crippen molar-refractivity contribution in [3.8, 4) is 0 Å². The molecule has 0 bridgehead atoms. The number of carbonyl (C=O) groups excluding carboxylic acids is 1. The molecule has 0 N–H and O–H groups in total. The zero-order valence-electron chi connectivity index (χ0n) is 9.07. The van der Waals surface area contributed by atoms with Crippen LogP contribution in [-0.4, -0.2) is 20.5 Å². The first-order valence-electron chi connectivity index (χ1n) is 5.13. The first-order chi connectivity index (χ1) is 8.25. The maximum absolute atomic E-state index is 12.5. The van der Waals surface area contributed by atoms with Crippen molar-refractivity contribution in [2.75, 3.05) is 5.75 Å². The molecule has 1 aliphatic rings. The number of hydrogen-bond donors (Lipinski definition) is 0. The van der Waals surface area contributed by atoms with E-state index in [4.69, 9.17) is 0 Å². The molecule has 1 heterocycles. The minimum Gasteiger partial charge on any atom is -0.303 e. The third-order valence-corrected chi connectivity index (χ3v) is 4.80. The van der Waals surface area contributed by atoms with Crippen LogP contribution in [0.5, 0.6) is 0 Å². The van der Waals surface area contributed by atoms with Crippen LogP contribution in [0.25, 0.3) is 0 Å². The van der Waals surface area contributed by atoms with E-state index in [0.717, 1.165) is 18.2 Å². The van der Waals surface area contributed by atoms with Crippen LogP contribution in [0.4, 0.5) is 13.2 Å². The van der Waals surface area contributed by atoms with Crippen LogP contribution in [0.2, 0.25) is 0 Å². The maximum atomic E-state index is 12.5. The molecule has 0 amide bonds. The van der Waals surface area contributed by atoms with Crippen LogP contribution in [-0.2, 0) is 20.8 Å². The second-order valence-corrected chi connectivity index (χ2v) is 6.13. The summed E-state index contributed by atoms with van der Waals surface area (Å²) in [4.78, 5) is 10.4. The molecule has 0 radical (unpaired) electrons. The van der Waals surface area contributed by atoms with Crippen molar-refractivity contribution < 1.29 is 26.4 Å². The van der Waals surface area contributed by atoms with Crippen LogP contribution in [0, 0.1) is 0 Å². The van der Waals surface area contributed by atoms with E-state index in [1.165, 1.54) is 0 Å². The molecule has 2 rings (SSSR count). The van der Waals surface area contributed by atoms with Crippen LogP contribution in [0.15, 0.2) is 23.1 Å². The summed E-state index contributed by atoms with van der Waals surface area (Å²) in [5.74, 6) is -0.979. The Morgan fingerprint density at radius 3 is 2.56 bits per heavy atom. The summed E-state index contributed by atoms with van der Waals surface area (Å²) in [6.07, 6.45) is -4.09. The molecule has 1 aliphatic heterocycles. The summed E-state index contributed by atoms with van der Waals surface area (Å²) in [7, 11) is -3.57. The molecular weight excluding hydrogens is 269 g/mol. The molecule has 1 aromatic rings. The van der Waals surface area contributed by atoms with Gasteiger partial charge < -0.3 is 4.79 Å². The molecule has 0 aromatic heterocycles. The van der Waals surface area contributed by atoms with Gasteiger partial charge in [0, 0.05) is 12.3 Å². The first kappa shape index (κ1) is 13.1. The number of benzene rings is 1. The normalized spacial score (nSPS) is 21.6. The van der Waals surface area contributed by atoms with E-state index in [9.17, 15) is 26.4 Å². The molecule has 1 atom stereocenters. The summed E-state index contributed by atoms with van der Waals surface area (Å²) in [6, 6.07) is 2.55. The fourth-order valence-corrected chi connectivity index (χ4v) is 3.97. The lowest BCUT2D eigenvalue weighted by atomic mass is 9.97. The Labute approximate surface area is 102 Å². The number of hydrogen-bond acceptors (Lipinski definition) is 3. The first-order valence-corrected chi connectivity index (χ1v) is 6.78. The summed E-state index contributed by atoms with van der Waals surface area (Å²) in [6.45, 7) is 0. The number of fused-ring (bicyclic) bond motifs is 1. The van der Waals surface area contributed by atoms with Crippen LogP contribution in [0.3, 0.4) is 0 Å². The summed E-state index contributed by atoms with van der Waals surface area (Å²) >= 11 is 0. The van der Waals surface area contributed by atoms with Gasteiger partial charge in [0.2, 0.25) is 0 Å². The quantitative estimate of drug-likeness (QED) is 0.779. The lowest BCUT2D eigenvalue weighted by Crippen LogP contribution is -2.06. The molecule has 0 saturated carbocycles. The highest BCUT2D eigenvalue weighted by atomic mass is 32.2.